The average Bonchev–Trinajstić information content (AvgIpc) is 3.25. The molecule has 0 spiro atoms. The lowest BCUT2D eigenvalue weighted by atomic mass is 10.1. The van der Waals surface area contributed by atoms with E-state index in [-0.39, 0.29) is 24.3 Å². The number of nitrogens with one attached hydrogen (secondary N) is 1. The van der Waals surface area contributed by atoms with Gasteiger partial charge < -0.3 is 15.1 Å². The van der Waals surface area contributed by atoms with Gasteiger partial charge in [-0.1, -0.05) is 25.1 Å². The van der Waals surface area contributed by atoms with Crippen LogP contribution in [-0.4, -0.2) is 66.8 Å². The lowest BCUT2D eigenvalue weighted by Gasteiger charge is -2.34. The summed E-state index contributed by atoms with van der Waals surface area (Å²) in [5.74, 6) is 0.0806. The van der Waals surface area contributed by atoms with Gasteiger partial charge in [0.05, 0.1) is 6.54 Å². The Labute approximate surface area is 189 Å². The summed E-state index contributed by atoms with van der Waals surface area (Å²) in [5, 5.41) is 2.94. The smallest absolute Gasteiger partial charge is 0.253 e. The van der Waals surface area contributed by atoms with Crippen molar-refractivity contribution in [3.63, 3.8) is 0 Å². The summed E-state index contributed by atoms with van der Waals surface area (Å²) in [6.45, 7) is 5.63. The number of nitrogens with zero attached hydrogens (tertiary/aromatic N) is 3. The first kappa shape index (κ1) is 22.0. The van der Waals surface area contributed by atoms with Gasteiger partial charge in [0.15, 0.2) is 0 Å². The molecule has 0 unspecified atom stereocenters. The van der Waals surface area contributed by atoms with Crippen molar-refractivity contribution in [2.24, 2.45) is 0 Å². The van der Waals surface area contributed by atoms with Crippen LogP contribution < -0.4 is 10.2 Å². The zero-order valence-corrected chi connectivity index (χ0v) is 18.5. The quantitative estimate of drug-likeness (QED) is 0.759. The van der Waals surface area contributed by atoms with Gasteiger partial charge in [-0.3, -0.25) is 19.3 Å². The van der Waals surface area contributed by atoms with E-state index in [0.717, 1.165) is 25.1 Å². The molecule has 7 nitrogen and oxygen atoms in total. The van der Waals surface area contributed by atoms with Crippen LogP contribution >= 0.6 is 0 Å². The first-order valence-electron chi connectivity index (χ1n) is 11.3. The van der Waals surface area contributed by atoms with E-state index in [2.05, 4.69) is 17.1 Å². The molecule has 0 saturated carbocycles. The van der Waals surface area contributed by atoms with Gasteiger partial charge in [0.1, 0.15) is 0 Å². The van der Waals surface area contributed by atoms with Gasteiger partial charge in [-0.15, -0.1) is 0 Å². The van der Waals surface area contributed by atoms with Gasteiger partial charge in [-0.25, -0.2) is 0 Å². The fourth-order valence-corrected chi connectivity index (χ4v) is 4.25. The predicted octanol–water partition coefficient (Wildman–Crippen LogP) is 2.77. The average molecular weight is 435 g/mol. The monoisotopic (exact) mass is 434 g/mol. The molecule has 0 radical (unpaired) electrons. The Balaban J connectivity index is 1.26. The SMILES string of the molecule is CCc1ccc(C(=O)N2CCN(CC(=O)Nc3cccc(N4CCCC4=O)c3)CC2)cc1. The van der Waals surface area contributed by atoms with E-state index in [4.69, 9.17) is 0 Å². The van der Waals surface area contributed by atoms with E-state index in [1.165, 1.54) is 5.56 Å². The summed E-state index contributed by atoms with van der Waals surface area (Å²) >= 11 is 0. The molecular weight excluding hydrogens is 404 g/mol. The second kappa shape index (κ2) is 9.96. The highest BCUT2D eigenvalue weighted by molar-refractivity contribution is 5.97. The molecule has 2 aliphatic heterocycles. The summed E-state index contributed by atoms with van der Waals surface area (Å²) in [6, 6.07) is 15.2. The fourth-order valence-electron chi connectivity index (χ4n) is 4.25. The largest absolute Gasteiger partial charge is 0.336 e. The van der Waals surface area contributed by atoms with Crippen LogP contribution in [0.1, 0.15) is 35.7 Å². The van der Waals surface area contributed by atoms with Crippen LogP contribution in [0.2, 0.25) is 0 Å². The highest BCUT2D eigenvalue weighted by atomic mass is 16.2. The molecule has 2 heterocycles. The van der Waals surface area contributed by atoms with Crippen molar-refractivity contribution in [1.29, 1.82) is 0 Å². The summed E-state index contributed by atoms with van der Waals surface area (Å²) in [6.07, 6.45) is 2.40. The summed E-state index contributed by atoms with van der Waals surface area (Å²) in [7, 11) is 0. The number of carbonyl (C=O) groups excluding carboxylic acids is 3. The molecule has 168 valence electrons. The molecule has 7 heteroatoms. The molecule has 32 heavy (non-hydrogen) atoms. The van der Waals surface area contributed by atoms with Crippen LogP contribution in [0.4, 0.5) is 11.4 Å². The minimum atomic E-state index is -0.0928. The zero-order chi connectivity index (χ0) is 22.5. The highest BCUT2D eigenvalue weighted by Crippen LogP contribution is 2.24. The molecule has 2 aliphatic rings. The van der Waals surface area contributed by atoms with Crippen molar-refractivity contribution in [3.05, 3.63) is 59.7 Å². The Morgan fingerprint density at radius 1 is 0.969 bits per heavy atom. The molecule has 2 fully saturated rings. The van der Waals surface area contributed by atoms with Crippen LogP contribution in [0, 0.1) is 0 Å². The number of benzene rings is 2. The number of aryl methyl sites for hydroxylation is 1. The minimum Gasteiger partial charge on any atom is -0.336 e. The zero-order valence-electron chi connectivity index (χ0n) is 18.5. The Bertz CT molecular complexity index is 981. The highest BCUT2D eigenvalue weighted by Gasteiger charge is 2.24. The lowest BCUT2D eigenvalue weighted by Crippen LogP contribution is -2.50. The maximum Gasteiger partial charge on any atom is 0.253 e. The number of rotatable bonds is 6. The van der Waals surface area contributed by atoms with E-state index < -0.39 is 0 Å². The van der Waals surface area contributed by atoms with E-state index in [0.29, 0.717) is 43.9 Å². The van der Waals surface area contributed by atoms with Crippen molar-refractivity contribution < 1.29 is 14.4 Å². The molecule has 0 bridgehead atoms. The molecule has 0 aromatic heterocycles. The van der Waals surface area contributed by atoms with Crippen molar-refractivity contribution in [2.75, 3.05) is 49.5 Å². The molecule has 0 aliphatic carbocycles. The number of hydrogen-bond acceptors (Lipinski definition) is 4. The number of carbonyl (C=O) groups is 3. The number of anilines is 2. The summed E-state index contributed by atoms with van der Waals surface area (Å²) in [4.78, 5) is 42.9. The molecule has 4 rings (SSSR count). The lowest BCUT2D eigenvalue weighted by molar-refractivity contribution is -0.118. The number of hydrogen-bond donors (Lipinski definition) is 1. The van der Waals surface area contributed by atoms with E-state index in [1.54, 1.807) is 4.90 Å². The third-order valence-corrected chi connectivity index (χ3v) is 6.15. The minimum absolute atomic E-state index is 0.0463. The van der Waals surface area contributed by atoms with Gasteiger partial charge in [-0.05, 0) is 48.7 Å². The summed E-state index contributed by atoms with van der Waals surface area (Å²) < 4.78 is 0. The maximum absolute atomic E-state index is 12.7. The van der Waals surface area contributed by atoms with Crippen molar-refractivity contribution in [2.45, 2.75) is 26.2 Å². The molecule has 2 aromatic rings. The summed E-state index contributed by atoms with van der Waals surface area (Å²) in [5.41, 5.74) is 3.45. The second-order valence-corrected chi connectivity index (χ2v) is 8.37. The van der Waals surface area contributed by atoms with Crippen molar-refractivity contribution in [1.82, 2.24) is 9.80 Å². The Morgan fingerprint density at radius 3 is 2.38 bits per heavy atom. The van der Waals surface area contributed by atoms with Gasteiger partial charge in [0, 0.05) is 56.1 Å². The van der Waals surface area contributed by atoms with Crippen LogP contribution in [0.5, 0.6) is 0 Å². The third-order valence-electron chi connectivity index (χ3n) is 6.15. The van der Waals surface area contributed by atoms with Gasteiger partial charge >= 0.3 is 0 Å². The van der Waals surface area contributed by atoms with Gasteiger partial charge in [0.25, 0.3) is 5.91 Å². The third kappa shape index (κ3) is 5.16. The van der Waals surface area contributed by atoms with Gasteiger partial charge in [-0.2, -0.15) is 0 Å². The number of piperazine rings is 1. The molecule has 3 amide bonds. The molecule has 2 saturated heterocycles. The van der Waals surface area contributed by atoms with E-state index in [9.17, 15) is 14.4 Å². The molecule has 2 aromatic carbocycles. The van der Waals surface area contributed by atoms with Crippen LogP contribution in [-0.2, 0) is 16.0 Å². The Hall–Kier alpha value is -3.19. The maximum atomic E-state index is 12.7. The second-order valence-electron chi connectivity index (χ2n) is 8.37. The molecule has 1 N–H and O–H groups in total. The van der Waals surface area contributed by atoms with Crippen LogP contribution in [0.3, 0.4) is 0 Å². The topological polar surface area (TPSA) is 73.0 Å². The molecule has 0 atom stereocenters. The van der Waals surface area contributed by atoms with Crippen molar-refractivity contribution in [3.8, 4) is 0 Å². The first-order valence-corrected chi connectivity index (χ1v) is 11.3. The van der Waals surface area contributed by atoms with Crippen molar-refractivity contribution >= 4 is 29.1 Å². The number of amides is 3. The Kier molecular flexibility index (Phi) is 6.85. The standard InChI is InChI=1S/C25H30N4O3/c1-2-19-8-10-20(11-9-19)25(32)28-15-13-27(14-16-28)18-23(30)26-21-5-3-6-22(17-21)29-12-4-7-24(29)31/h3,5-6,8-11,17H,2,4,7,12-16,18H2,1H3,(H,26,30). The normalized spacial score (nSPS) is 17.0. The van der Waals surface area contributed by atoms with Crippen LogP contribution in [0.25, 0.3) is 0 Å². The van der Waals surface area contributed by atoms with Crippen LogP contribution in [0.15, 0.2) is 48.5 Å². The first-order chi connectivity index (χ1) is 15.5. The van der Waals surface area contributed by atoms with E-state index in [1.807, 2.05) is 53.4 Å². The molecular formula is C25H30N4O3. The fraction of sp³-hybridized carbons (Fsp3) is 0.400. The predicted molar refractivity (Wildman–Crippen MR) is 125 cm³/mol. The van der Waals surface area contributed by atoms with Gasteiger partial charge in [0.2, 0.25) is 11.8 Å². The Morgan fingerprint density at radius 2 is 1.72 bits per heavy atom. The van der Waals surface area contributed by atoms with E-state index >= 15 is 0 Å².